The number of hydrogen-bond donors (Lipinski definition) is 2. The van der Waals surface area contributed by atoms with E-state index in [4.69, 9.17) is 10.6 Å². The summed E-state index contributed by atoms with van der Waals surface area (Å²) in [4.78, 5) is 2.08. The fraction of sp³-hybridized carbons (Fsp3) is 0.273. The molecule has 0 amide bonds. The summed E-state index contributed by atoms with van der Waals surface area (Å²) in [5.74, 6) is 6.11. The first-order chi connectivity index (χ1) is 8.72. The summed E-state index contributed by atoms with van der Waals surface area (Å²) in [7, 11) is 3.65. The second-order valence-electron chi connectivity index (χ2n) is 3.70. The third-order valence-corrected chi connectivity index (χ3v) is 3.32. The molecule has 2 rings (SSSR count). The third kappa shape index (κ3) is 2.88. The number of ether oxygens (including phenoxy) is 1. The highest BCUT2D eigenvalue weighted by molar-refractivity contribution is 7.15. The summed E-state index contributed by atoms with van der Waals surface area (Å²) in [5.41, 5.74) is 3.58. The van der Waals surface area contributed by atoms with Crippen LogP contribution in [0.1, 0.15) is 5.01 Å². The Labute approximate surface area is 109 Å². The number of benzene rings is 1. The monoisotopic (exact) mass is 265 g/mol. The Kier molecular flexibility index (Phi) is 3.96. The van der Waals surface area contributed by atoms with Gasteiger partial charge in [0.15, 0.2) is 0 Å². The highest BCUT2D eigenvalue weighted by Gasteiger charge is 2.07. The molecule has 2 aromatic rings. The van der Waals surface area contributed by atoms with Gasteiger partial charge in [0, 0.05) is 12.7 Å². The van der Waals surface area contributed by atoms with Gasteiger partial charge in [-0.15, -0.1) is 10.2 Å². The van der Waals surface area contributed by atoms with Crippen LogP contribution < -0.4 is 20.9 Å². The molecular weight excluding hydrogens is 250 g/mol. The molecule has 0 saturated carbocycles. The first kappa shape index (κ1) is 12.6. The lowest BCUT2D eigenvalue weighted by Gasteiger charge is -2.17. The second kappa shape index (κ2) is 5.65. The van der Waals surface area contributed by atoms with Crippen molar-refractivity contribution in [1.82, 2.24) is 10.2 Å². The molecule has 3 N–H and O–H groups in total. The Morgan fingerprint density at radius 3 is 2.61 bits per heavy atom. The van der Waals surface area contributed by atoms with Crippen LogP contribution in [0.2, 0.25) is 0 Å². The molecule has 0 unspecified atom stereocenters. The van der Waals surface area contributed by atoms with Crippen LogP contribution in [0.3, 0.4) is 0 Å². The molecule has 1 aromatic heterocycles. The Bertz CT molecular complexity index is 498. The van der Waals surface area contributed by atoms with Gasteiger partial charge in [0.05, 0.1) is 13.7 Å². The molecule has 0 bridgehead atoms. The van der Waals surface area contributed by atoms with Crippen molar-refractivity contribution in [3.05, 3.63) is 29.3 Å². The summed E-state index contributed by atoms with van der Waals surface area (Å²) in [6.07, 6.45) is 0. The van der Waals surface area contributed by atoms with Crippen LogP contribution in [0.15, 0.2) is 24.3 Å². The summed E-state index contributed by atoms with van der Waals surface area (Å²) >= 11 is 1.44. The van der Waals surface area contributed by atoms with Gasteiger partial charge in [-0.2, -0.15) is 0 Å². The lowest BCUT2D eigenvalue weighted by Crippen LogP contribution is -2.16. The van der Waals surface area contributed by atoms with Gasteiger partial charge < -0.3 is 9.64 Å². The number of rotatable bonds is 5. The van der Waals surface area contributed by atoms with Gasteiger partial charge in [-0.1, -0.05) is 11.3 Å². The highest BCUT2D eigenvalue weighted by Crippen LogP contribution is 2.21. The smallest absolute Gasteiger partial charge is 0.219 e. The maximum Gasteiger partial charge on any atom is 0.219 e. The number of hydrogen-bond acceptors (Lipinski definition) is 7. The molecule has 0 aliphatic carbocycles. The lowest BCUT2D eigenvalue weighted by atomic mass is 10.3. The summed E-state index contributed by atoms with van der Waals surface area (Å²) in [6.45, 7) is 0.686. The zero-order chi connectivity index (χ0) is 13.0. The summed E-state index contributed by atoms with van der Waals surface area (Å²) in [5, 5.41) is 9.46. The number of hydrazine groups is 1. The van der Waals surface area contributed by atoms with Crippen molar-refractivity contribution in [2.24, 2.45) is 5.84 Å². The quantitative estimate of drug-likeness (QED) is 0.630. The average Bonchev–Trinajstić information content (AvgIpc) is 2.86. The Balaban J connectivity index is 2.03. The van der Waals surface area contributed by atoms with Gasteiger partial charge in [-0.05, 0) is 24.3 Å². The normalized spacial score (nSPS) is 10.2. The molecule has 0 saturated heterocycles. The van der Waals surface area contributed by atoms with Gasteiger partial charge in [0.25, 0.3) is 0 Å². The molecule has 1 aromatic carbocycles. The molecular formula is C11H15N5OS. The fourth-order valence-electron chi connectivity index (χ4n) is 1.51. The second-order valence-corrected chi connectivity index (χ2v) is 4.76. The van der Waals surface area contributed by atoms with Crippen molar-refractivity contribution in [2.75, 3.05) is 24.5 Å². The van der Waals surface area contributed by atoms with Crippen molar-refractivity contribution in [3.63, 3.8) is 0 Å². The topological polar surface area (TPSA) is 76.3 Å². The summed E-state index contributed by atoms with van der Waals surface area (Å²) < 4.78 is 5.12. The van der Waals surface area contributed by atoms with Crippen LogP contribution in [0.4, 0.5) is 10.8 Å². The molecule has 0 radical (unpaired) electrons. The van der Waals surface area contributed by atoms with Crippen molar-refractivity contribution in [1.29, 1.82) is 0 Å². The number of nitrogens with zero attached hydrogens (tertiary/aromatic N) is 3. The predicted molar refractivity (Wildman–Crippen MR) is 72.8 cm³/mol. The van der Waals surface area contributed by atoms with E-state index in [0.717, 1.165) is 16.4 Å². The van der Waals surface area contributed by atoms with Gasteiger partial charge in [-0.25, -0.2) is 5.84 Å². The van der Waals surface area contributed by atoms with Gasteiger partial charge in [-0.3, -0.25) is 5.43 Å². The fourth-order valence-corrected chi connectivity index (χ4v) is 2.21. The van der Waals surface area contributed by atoms with Crippen LogP contribution in [0, 0.1) is 0 Å². The third-order valence-electron chi connectivity index (χ3n) is 2.48. The average molecular weight is 265 g/mol. The van der Waals surface area contributed by atoms with E-state index in [9.17, 15) is 0 Å². The minimum Gasteiger partial charge on any atom is -0.497 e. The maximum atomic E-state index is 5.27. The van der Waals surface area contributed by atoms with Crippen LogP contribution in [-0.2, 0) is 6.54 Å². The van der Waals surface area contributed by atoms with Crippen LogP contribution in [0.25, 0.3) is 0 Å². The number of aromatic nitrogens is 2. The zero-order valence-electron chi connectivity index (χ0n) is 10.3. The van der Waals surface area contributed by atoms with Crippen molar-refractivity contribution in [3.8, 4) is 5.75 Å². The minimum atomic E-state index is 0.619. The number of anilines is 2. The van der Waals surface area contributed by atoms with E-state index in [1.54, 1.807) is 7.11 Å². The van der Waals surface area contributed by atoms with E-state index in [-0.39, 0.29) is 0 Å². The molecule has 18 heavy (non-hydrogen) atoms. The molecule has 7 heteroatoms. The minimum absolute atomic E-state index is 0.619. The summed E-state index contributed by atoms with van der Waals surface area (Å²) in [6, 6.07) is 7.86. The predicted octanol–water partition coefficient (Wildman–Crippen LogP) is 1.47. The van der Waals surface area contributed by atoms with E-state index in [2.05, 4.69) is 20.5 Å². The molecule has 1 heterocycles. The van der Waals surface area contributed by atoms with E-state index >= 15 is 0 Å². The first-order valence-electron chi connectivity index (χ1n) is 5.37. The van der Waals surface area contributed by atoms with Crippen molar-refractivity contribution in [2.45, 2.75) is 6.54 Å². The Morgan fingerprint density at radius 2 is 2.06 bits per heavy atom. The van der Waals surface area contributed by atoms with Crippen molar-refractivity contribution < 1.29 is 4.74 Å². The van der Waals surface area contributed by atoms with Gasteiger partial charge >= 0.3 is 0 Å². The van der Waals surface area contributed by atoms with Crippen molar-refractivity contribution >= 4 is 22.2 Å². The molecule has 0 spiro atoms. The zero-order valence-corrected chi connectivity index (χ0v) is 11.1. The molecule has 96 valence electrons. The molecule has 0 aliphatic heterocycles. The van der Waals surface area contributed by atoms with Crippen LogP contribution >= 0.6 is 11.3 Å². The van der Waals surface area contributed by atoms with E-state index < -0.39 is 0 Å². The Hall–Kier alpha value is -1.86. The first-order valence-corrected chi connectivity index (χ1v) is 6.18. The van der Waals surface area contributed by atoms with Crippen LogP contribution in [-0.4, -0.2) is 24.4 Å². The molecule has 0 aliphatic rings. The van der Waals surface area contributed by atoms with Gasteiger partial charge in [0.1, 0.15) is 10.8 Å². The SMILES string of the molecule is COc1ccc(N(C)Cc2nnc(NN)s2)cc1. The maximum absolute atomic E-state index is 5.27. The molecule has 0 atom stereocenters. The van der Waals surface area contributed by atoms with Crippen LogP contribution in [0.5, 0.6) is 5.75 Å². The molecule has 0 fully saturated rings. The number of nitrogens with two attached hydrogens (primary N) is 1. The highest BCUT2D eigenvalue weighted by atomic mass is 32.1. The number of nitrogen functional groups attached to an aromatic ring is 1. The van der Waals surface area contributed by atoms with Gasteiger partial charge in [0.2, 0.25) is 5.13 Å². The largest absolute Gasteiger partial charge is 0.497 e. The van der Waals surface area contributed by atoms with E-state index in [0.29, 0.717) is 11.7 Å². The standard InChI is InChI=1S/C11H15N5OS/c1-16(7-10-14-15-11(13-12)18-10)8-3-5-9(17-2)6-4-8/h3-6H,7,12H2,1-2H3,(H,13,15). The number of nitrogens with one attached hydrogen (secondary N) is 1. The number of methoxy groups -OCH3 is 1. The lowest BCUT2D eigenvalue weighted by molar-refractivity contribution is 0.415. The Morgan fingerprint density at radius 1 is 1.33 bits per heavy atom. The van der Waals surface area contributed by atoms with E-state index in [1.807, 2.05) is 31.3 Å². The van der Waals surface area contributed by atoms with E-state index in [1.165, 1.54) is 11.3 Å². The molecule has 6 nitrogen and oxygen atoms in total.